The van der Waals surface area contributed by atoms with Crippen molar-refractivity contribution in [2.45, 2.75) is 183 Å². The van der Waals surface area contributed by atoms with Crippen molar-refractivity contribution < 1.29 is 60.1 Å². The summed E-state index contributed by atoms with van der Waals surface area (Å²) in [6, 6.07) is 51.3. The van der Waals surface area contributed by atoms with E-state index in [4.69, 9.17) is 38.9 Å². The highest BCUT2D eigenvalue weighted by Crippen LogP contribution is 2.43. The predicted molar refractivity (Wildman–Crippen MR) is 546 cm³/mol. The van der Waals surface area contributed by atoms with Crippen LogP contribution in [0.15, 0.2) is 251 Å². The molecule has 4 amide bonds. The summed E-state index contributed by atoms with van der Waals surface area (Å²) in [5.41, 5.74) is 18.1. The largest absolute Gasteiger partial charge is 0.489 e. The Hall–Kier alpha value is -16.4. The number of halogens is 5. The van der Waals surface area contributed by atoms with Crippen molar-refractivity contribution in [3.05, 3.63) is 359 Å². The van der Waals surface area contributed by atoms with Crippen LogP contribution in [0.4, 0.5) is 22.0 Å². The third kappa shape index (κ3) is 22.3. The molecule has 4 atom stereocenters. The highest BCUT2D eigenvalue weighted by Gasteiger charge is 2.37. The number of aromatic nitrogens is 12. The maximum absolute atomic E-state index is 13.9. The Morgan fingerprint density at radius 2 is 0.669 bits per heavy atom. The van der Waals surface area contributed by atoms with Crippen molar-refractivity contribution in [3.8, 4) is 91.7 Å². The lowest BCUT2D eigenvalue weighted by atomic mass is 10.0. The molecule has 0 saturated carbocycles. The van der Waals surface area contributed by atoms with Gasteiger partial charge in [-0.25, -0.2) is 41.9 Å². The van der Waals surface area contributed by atoms with Gasteiger partial charge in [0.15, 0.2) is 23.3 Å². The van der Waals surface area contributed by atoms with Gasteiger partial charge in [-0.3, -0.25) is 56.7 Å². The normalized spacial score (nSPS) is 15.6. The maximum Gasteiger partial charge on any atom is 0.299 e. The van der Waals surface area contributed by atoms with Gasteiger partial charge in [0.05, 0.1) is 91.8 Å². The highest BCUT2D eigenvalue weighted by atomic mass is 19.2. The highest BCUT2D eigenvalue weighted by molar-refractivity contribution is 5.95. The van der Waals surface area contributed by atoms with Crippen LogP contribution in [0.5, 0.6) is 23.0 Å². The van der Waals surface area contributed by atoms with Crippen LogP contribution < -0.4 is 18.9 Å². The van der Waals surface area contributed by atoms with Gasteiger partial charge < -0.3 is 38.5 Å². The standard InChI is InChI=1S/C30H29FN4O2.C29H26F2N4O2.C29H30N4O2.C28H26F2N4O2/c1-4-7-27(36)34-16-6-5-8-26(34)30-33-28(29-21(3)32-15-17-35(29)30)23-11-9-22(10-12-23)19-37-24-13-14-25(31)20(2)18-24;1-3-7-25(36)34-16-5-4-10-24(34)29-33-27(28-19(2)32-15-17-35(28)29)20-11-13-22(14-12-20)37-18-21-8-6-9-23(30)26(21)31;1-4-26(34)32-16-6-5-10-25(32)29-31-27(28-21(3)30-15-17-33(28)29)23-13-11-22(12-14-23)19-35-24-9-7-8-20(2)18-24;1-3-24(35)33-15-5-4-9-23(33)28-32-26(27-18(2)31-14-16-34(27)28)19-10-12-21(13-11-19)36-17-20-7-6-8-22(29)25(20)30/h9-15,17-18,26H,5-6,8,16,19H2,1-3H3;6,8-9,11-15,17,24H,4-5,10,16,18H2,1-2H3;4,7-9,11-15,17-18,25H,1,5-6,10,16,19H2,2-3H3;3,6-8,10-14,16,23H,1,4-5,9,15,17H2,2H3/t26-;24-;25-;23-/m0000/s1. The number of piperidine rings is 4. The molecule has 16 aromatic rings. The molecule has 4 fully saturated rings. The van der Waals surface area contributed by atoms with Crippen molar-refractivity contribution in [2.24, 2.45) is 0 Å². The third-order valence-electron chi connectivity index (χ3n) is 26.7. The fourth-order valence-electron chi connectivity index (χ4n) is 19.4. The molecule has 4 aliphatic rings. The minimum atomic E-state index is -0.903. The lowest BCUT2D eigenvalue weighted by molar-refractivity contribution is -0.130. The fraction of sp³-hybridized carbons (Fsp3) is 0.276. The van der Waals surface area contributed by atoms with E-state index in [0.717, 1.165) is 226 Å². The molecule has 24 nitrogen and oxygen atoms in total. The van der Waals surface area contributed by atoms with Crippen LogP contribution in [-0.2, 0) is 45.6 Å². The average Bonchev–Trinajstić information content (AvgIpc) is 1.62. The minimum absolute atomic E-state index is 0.0447. The van der Waals surface area contributed by atoms with Gasteiger partial charge in [0.1, 0.15) is 78.5 Å². The lowest BCUT2D eigenvalue weighted by Crippen LogP contribution is -2.38. The van der Waals surface area contributed by atoms with Gasteiger partial charge >= 0.3 is 0 Å². The minimum Gasteiger partial charge on any atom is -0.489 e. The average molecular weight is 1950 g/mol. The second-order valence-corrected chi connectivity index (χ2v) is 36.2. The number of benzene rings is 8. The fourth-order valence-corrected chi connectivity index (χ4v) is 19.4. The van der Waals surface area contributed by atoms with E-state index >= 15 is 0 Å². The van der Waals surface area contributed by atoms with Crippen LogP contribution in [-0.4, -0.2) is 127 Å². The molecule has 0 radical (unpaired) electrons. The van der Waals surface area contributed by atoms with Gasteiger partial charge in [-0.1, -0.05) is 110 Å². The van der Waals surface area contributed by atoms with Crippen LogP contribution >= 0.6 is 0 Å². The van der Waals surface area contributed by atoms with Crippen LogP contribution in [0.3, 0.4) is 0 Å². The molecular formula is C116H111F5N16O8. The Morgan fingerprint density at radius 3 is 1.00 bits per heavy atom. The molecule has 0 aliphatic carbocycles. The Morgan fingerprint density at radius 1 is 0.359 bits per heavy atom. The van der Waals surface area contributed by atoms with Crippen molar-refractivity contribution in [2.75, 3.05) is 26.2 Å². The molecule has 738 valence electrons. The van der Waals surface area contributed by atoms with E-state index in [1.165, 1.54) is 48.0 Å². The first-order valence-electron chi connectivity index (χ1n) is 48.7. The van der Waals surface area contributed by atoms with Crippen LogP contribution in [0.1, 0.15) is 195 Å². The zero-order valence-corrected chi connectivity index (χ0v) is 82.2. The number of nitrogens with zero attached hydrogens (tertiary/aromatic N) is 16. The molecule has 4 aliphatic heterocycles. The van der Waals surface area contributed by atoms with E-state index < -0.39 is 23.3 Å². The first kappa shape index (κ1) is 100. The van der Waals surface area contributed by atoms with Crippen molar-refractivity contribution >= 4 is 45.7 Å². The Bertz CT molecular complexity index is 7630. The summed E-state index contributed by atoms with van der Waals surface area (Å²) in [7, 11) is 0. The zero-order valence-electron chi connectivity index (χ0n) is 82.2. The number of aryl methyl sites for hydroxylation is 6. The SMILES string of the molecule is C=CC(=O)N1CCCC[C@H]1c1nc(-c2ccc(COc3cccc(C)c3)cc2)c2c(C)nccn12.C=CC(=O)N1CCCC[C@H]1c1nc(-c2ccc(OCc3cccc(F)c3F)cc2)c2c(C)nccn12.CC#CC(=O)N1CCCC[C@H]1c1nc(-c2ccc(COc3ccc(F)c(C)c3)cc2)c2c(C)nccn12.CC#CC(=O)N1CCCC[C@H]1c1nc(-c2ccc(OCc3cccc(F)c3F)cc2)c2c(C)nccn12. The number of hydrogen-bond acceptors (Lipinski definition) is 16. The number of likely N-dealkylation sites (tertiary alicyclic amines) is 4. The number of fused-ring (bicyclic) bond motifs is 4. The van der Waals surface area contributed by atoms with Crippen molar-refractivity contribution in [3.63, 3.8) is 0 Å². The molecule has 4 saturated heterocycles. The quantitative estimate of drug-likeness (QED) is 0.0348. The van der Waals surface area contributed by atoms with Gasteiger partial charge in [-0.05, 0) is 270 Å². The molecule has 29 heteroatoms. The summed E-state index contributed by atoms with van der Waals surface area (Å²) >= 11 is 0. The predicted octanol–water partition coefficient (Wildman–Crippen LogP) is 23.1. The molecule has 0 N–H and O–H groups in total. The molecule has 8 aromatic carbocycles. The molecule has 0 spiro atoms. The topological polar surface area (TPSA) is 239 Å². The lowest BCUT2D eigenvalue weighted by Gasteiger charge is -2.34. The maximum atomic E-state index is 13.9. The van der Waals surface area contributed by atoms with E-state index in [9.17, 15) is 41.1 Å². The summed E-state index contributed by atoms with van der Waals surface area (Å²) < 4.78 is 99.8. The molecule has 145 heavy (non-hydrogen) atoms. The Kier molecular flexibility index (Phi) is 31.5. The second-order valence-electron chi connectivity index (χ2n) is 36.2. The molecule has 12 heterocycles. The van der Waals surface area contributed by atoms with E-state index in [0.29, 0.717) is 55.7 Å². The second kappa shape index (κ2) is 45.7. The zero-order chi connectivity index (χ0) is 101. The van der Waals surface area contributed by atoms with E-state index in [1.807, 2.05) is 148 Å². The summed E-state index contributed by atoms with van der Waals surface area (Å²) in [4.78, 5) is 96.3. The van der Waals surface area contributed by atoms with Crippen molar-refractivity contribution in [1.29, 1.82) is 0 Å². The number of carbonyl (C=O) groups excluding carboxylic acids is 4. The molecule has 0 unspecified atom stereocenters. The summed E-state index contributed by atoms with van der Waals surface area (Å²) in [5, 5.41) is 0. The van der Waals surface area contributed by atoms with Gasteiger partial charge in [-0.2, -0.15) is 0 Å². The first-order chi connectivity index (χ1) is 70.4. The summed E-state index contributed by atoms with van der Waals surface area (Å²) in [6.07, 6.45) is 28.7. The summed E-state index contributed by atoms with van der Waals surface area (Å²) in [5.74, 6) is 12.3. The van der Waals surface area contributed by atoms with Crippen LogP contribution in [0.2, 0.25) is 0 Å². The number of ether oxygens (including phenoxy) is 4. The first-order valence-corrected chi connectivity index (χ1v) is 48.7. The number of hydrogen-bond donors (Lipinski definition) is 0. The van der Waals surface area contributed by atoms with E-state index in [2.05, 4.69) is 103 Å². The van der Waals surface area contributed by atoms with Gasteiger partial charge in [0.25, 0.3) is 11.8 Å². The van der Waals surface area contributed by atoms with Crippen LogP contribution in [0.25, 0.3) is 67.1 Å². The van der Waals surface area contributed by atoms with E-state index in [-0.39, 0.29) is 78.0 Å². The van der Waals surface area contributed by atoms with E-state index in [1.54, 1.807) is 82.0 Å². The van der Waals surface area contributed by atoms with Crippen molar-refractivity contribution in [1.82, 2.24) is 77.1 Å². The summed E-state index contributed by atoms with van der Waals surface area (Å²) in [6.45, 7) is 25.7. The van der Waals surface area contributed by atoms with Gasteiger partial charge in [-0.15, -0.1) is 0 Å². The van der Waals surface area contributed by atoms with Gasteiger partial charge in [0.2, 0.25) is 11.8 Å². The van der Waals surface area contributed by atoms with Gasteiger partial charge in [0, 0.05) is 109 Å². The number of amides is 4. The molecule has 8 aromatic heterocycles. The Labute approximate surface area is 838 Å². The third-order valence-corrected chi connectivity index (χ3v) is 26.7. The smallest absolute Gasteiger partial charge is 0.299 e. The monoisotopic (exact) mass is 1950 g/mol. The number of rotatable bonds is 22. The molecule has 0 bridgehead atoms. The molecular weight excluding hydrogens is 1840 g/mol. The number of imidazole rings is 4. The van der Waals surface area contributed by atoms with Crippen LogP contribution in [0, 0.1) is 94.3 Å². The molecule has 20 rings (SSSR count). The Balaban J connectivity index is 0.000000132. The number of carbonyl (C=O) groups is 4.